The maximum absolute atomic E-state index is 10.5. The van der Waals surface area contributed by atoms with E-state index in [0.29, 0.717) is 6.42 Å². The molecule has 2 N–H and O–H groups in total. The normalized spacial score (nSPS) is 13.8. The highest BCUT2D eigenvalue weighted by molar-refractivity contribution is 8.01. The Bertz CT molecular complexity index is 266. The van der Waals surface area contributed by atoms with Gasteiger partial charge < -0.3 is 5.11 Å². The number of carbonyl (C=O) groups is 1. The predicted octanol–water partition coefficient (Wildman–Crippen LogP) is -0.272. The van der Waals surface area contributed by atoms with Gasteiger partial charge in [0.2, 0.25) is 0 Å². The molecule has 0 aliphatic carbocycles. The summed E-state index contributed by atoms with van der Waals surface area (Å²) in [5.41, 5.74) is 0. The van der Waals surface area contributed by atoms with Gasteiger partial charge in [-0.2, -0.15) is 8.42 Å². The Kier molecular flexibility index (Phi) is 4.08. The quantitative estimate of drug-likeness (QED) is 0.474. The SMILES string of the molecule is C=CCCC(O)C(=O)S(=O)(=O)O. The fourth-order valence-electron chi connectivity index (χ4n) is 0.565. The molecule has 0 aromatic rings. The van der Waals surface area contributed by atoms with Crippen molar-refractivity contribution in [3.05, 3.63) is 12.7 Å². The molecule has 1 unspecified atom stereocenters. The average Bonchev–Trinajstić information content (AvgIpc) is 1.97. The molecule has 0 aromatic carbocycles. The molecular weight excluding hydrogens is 184 g/mol. The minimum atomic E-state index is -4.76. The number of aliphatic hydroxyl groups excluding tert-OH is 1. The minimum absolute atomic E-state index is 0.0534. The molecule has 1 atom stereocenters. The van der Waals surface area contributed by atoms with Gasteiger partial charge in [-0.1, -0.05) is 6.08 Å². The van der Waals surface area contributed by atoms with E-state index in [9.17, 15) is 13.2 Å². The number of carbonyl (C=O) groups excluding carboxylic acids is 1. The molecule has 0 saturated heterocycles. The lowest BCUT2D eigenvalue weighted by atomic mass is 10.2. The predicted molar refractivity (Wildman–Crippen MR) is 42.0 cm³/mol. The summed E-state index contributed by atoms with van der Waals surface area (Å²) in [6, 6.07) is 0. The van der Waals surface area contributed by atoms with Crippen molar-refractivity contribution in [2.45, 2.75) is 18.9 Å². The molecule has 0 amide bonds. The Morgan fingerprint density at radius 2 is 2.08 bits per heavy atom. The summed E-state index contributed by atoms with van der Waals surface area (Å²) < 4.78 is 28.5. The summed E-state index contributed by atoms with van der Waals surface area (Å²) in [7, 11) is -4.76. The topological polar surface area (TPSA) is 91.7 Å². The number of hydrogen-bond donors (Lipinski definition) is 2. The van der Waals surface area contributed by atoms with Crippen LogP contribution in [0.5, 0.6) is 0 Å². The van der Waals surface area contributed by atoms with Crippen molar-refractivity contribution in [1.82, 2.24) is 0 Å². The number of aliphatic hydroxyl groups is 1. The molecular formula is C6H10O5S. The molecule has 0 fully saturated rings. The molecule has 0 heterocycles. The first kappa shape index (κ1) is 11.3. The summed E-state index contributed by atoms with van der Waals surface area (Å²) in [6.45, 7) is 3.32. The fraction of sp³-hybridized carbons (Fsp3) is 0.500. The van der Waals surface area contributed by atoms with Gasteiger partial charge in [0.05, 0.1) is 0 Å². The van der Waals surface area contributed by atoms with Gasteiger partial charge in [0.1, 0.15) is 6.10 Å². The first-order valence-electron chi connectivity index (χ1n) is 3.20. The van der Waals surface area contributed by atoms with Crippen molar-refractivity contribution in [2.75, 3.05) is 0 Å². The van der Waals surface area contributed by atoms with Gasteiger partial charge in [0.25, 0.3) is 0 Å². The second kappa shape index (κ2) is 4.34. The number of allylic oxidation sites excluding steroid dienone is 1. The van der Waals surface area contributed by atoms with Crippen LogP contribution in [0.3, 0.4) is 0 Å². The van der Waals surface area contributed by atoms with Crippen molar-refractivity contribution in [3.63, 3.8) is 0 Å². The highest BCUT2D eigenvalue weighted by Gasteiger charge is 2.26. The monoisotopic (exact) mass is 194 g/mol. The molecule has 0 radical (unpaired) electrons. The largest absolute Gasteiger partial charge is 0.384 e. The van der Waals surface area contributed by atoms with Crippen LogP contribution in [0.2, 0.25) is 0 Å². The molecule has 0 aliphatic heterocycles. The van der Waals surface area contributed by atoms with E-state index in [1.165, 1.54) is 6.08 Å². The van der Waals surface area contributed by atoms with Gasteiger partial charge in [0.15, 0.2) is 0 Å². The molecule has 0 spiro atoms. The second-order valence-electron chi connectivity index (χ2n) is 2.18. The van der Waals surface area contributed by atoms with Crippen LogP contribution in [0.1, 0.15) is 12.8 Å². The second-order valence-corrected chi connectivity index (χ2v) is 3.53. The summed E-state index contributed by atoms with van der Waals surface area (Å²) in [4.78, 5) is 10.5. The first-order valence-corrected chi connectivity index (χ1v) is 4.64. The van der Waals surface area contributed by atoms with Crippen LogP contribution >= 0.6 is 0 Å². The number of hydrogen-bond acceptors (Lipinski definition) is 4. The zero-order valence-electron chi connectivity index (χ0n) is 6.30. The van der Waals surface area contributed by atoms with Crippen molar-refractivity contribution in [3.8, 4) is 0 Å². The van der Waals surface area contributed by atoms with E-state index in [2.05, 4.69) is 6.58 Å². The van der Waals surface area contributed by atoms with Crippen molar-refractivity contribution in [1.29, 1.82) is 0 Å². The summed E-state index contributed by atoms with van der Waals surface area (Å²) in [6.07, 6.45) is 0.0170. The third kappa shape index (κ3) is 3.61. The minimum Gasteiger partial charge on any atom is -0.384 e. The van der Waals surface area contributed by atoms with E-state index < -0.39 is 21.3 Å². The molecule has 0 aliphatic rings. The van der Waals surface area contributed by atoms with E-state index >= 15 is 0 Å². The first-order chi connectivity index (χ1) is 5.39. The fourth-order valence-corrected chi connectivity index (χ4v) is 1.03. The Balaban J connectivity index is 4.21. The van der Waals surface area contributed by atoms with Crippen molar-refractivity contribution >= 4 is 15.2 Å². The maximum atomic E-state index is 10.5. The highest BCUT2D eigenvalue weighted by Crippen LogP contribution is 2.02. The van der Waals surface area contributed by atoms with E-state index in [-0.39, 0.29) is 6.42 Å². The average molecular weight is 194 g/mol. The van der Waals surface area contributed by atoms with Crippen LogP contribution in [-0.4, -0.2) is 29.3 Å². The van der Waals surface area contributed by atoms with Gasteiger partial charge in [-0.3, -0.25) is 9.35 Å². The third-order valence-electron chi connectivity index (χ3n) is 1.17. The molecule has 70 valence electrons. The van der Waals surface area contributed by atoms with Crippen molar-refractivity contribution in [2.24, 2.45) is 0 Å². The summed E-state index contributed by atoms with van der Waals surface area (Å²) >= 11 is 0. The number of rotatable bonds is 4. The summed E-state index contributed by atoms with van der Waals surface area (Å²) in [5, 5.41) is 7.28. The van der Waals surface area contributed by atoms with Crippen LogP contribution < -0.4 is 0 Å². The van der Waals surface area contributed by atoms with Gasteiger partial charge in [-0.15, -0.1) is 6.58 Å². The Morgan fingerprint density at radius 1 is 1.58 bits per heavy atom. The molecule has 0 bridgehead atoms. The standard InChI is InChI=1S/C6H10O5S/c1-2-3-4-5(7)6(8)12(9,10)11/h2,5,7H,1,3-4H2,(H,9,10,11). The van der Waals surface area contributed by atoms with Crippen LogP contribution in [-0.2, 0) is 14.9 Å². The molecule has 12 heavy (non-hydrogen) atoms. The van der Waals surface area contributed by atoms with Crippen LogP contribution in [0.25, 0.3) is 0 Å². The lowest BCUT2D eigenvalue weighted by Gasteiger charge is -2.03. The zero-order chi connectivity index (χ0) is 9.78. The van der Waals surface area contributed by atoms with E-state index in [0.717, 1.165) is 0 Å². The molecule has 0 aromatic heterocycles. The highest BCUT2D eigenvalue weighted by atomic mass is 32.2. The Labute approximate surface area is 70.5 Å². The Morgan fingerprint density at radius 3 is 2.42 bits per heavy atom. The molecule has 0 rings (SSSR count). The van der Waals surface area contributed by atoms with Crippen molar-refractivity contribution < 1.29 is 22.9 Å². The molecule has 5 nitrogen and oxygen atoms in total. The Hall–Kier alpha value is -0.720. The van der Waals surface area contributed by atoms with Crippen LogP contribution in [0, 0.1) is 0 Å². The van der Waals surface area contributed by atoms with Crippen LogP contribution in [0.4, 0.5) is 0 Å². The van der Waals surface area contributed by atoms with Gasteiger partial charge >= 0.3 is 15.2 Å². The van der Waals surface area contributed by atoms with E-state index in [4.69, 9.17) is 9.66 Å². The maximum Gasteiger partial charge on any atom is 0.331 e. The van der Waals surface area contributed by atoms with E-state index in [1.54, 1.807) is 0 Å². The van der Waals surface area contributed by atoms with Crippen LogP contribution in [0.15, 0.2) is 12.7 Å². The third-order valence-corrected chi connectivity index (χ3v) is 1.95. The molecule has 6 heteroatoms. The summed E-state index contributed by atoms with van der Waals surface area (Å²) in [5.74, 6) is 0. The zero-order valence-corrected chi connectivity index (χ0v) is 7.12. The van der Waals surface area contributed by atoms with Gasteiger partial charge in [-0.05, 0) is 12.8 Å². The molecule has 0 saturated carbocycles. The lowest BCUT2D eigenvalue weighted by molar-refractivity contribution is -0.119. The van der Waals surface area contributed by atoms with E-state index in [1.807, 2.05) is 0 Å². The lowest BCUT2D eigenvalue weighted by Crippen LogP contribution is -2.27. The smallest absolute Gasteiger partial charge is 0.331 e. The van der Waals surface area contributed by atoms with Gasteiger partial charge in [-0.25, -0.2) is 0 Å². The van der Waals surface area contributed by atoms with Gasteiger partial charge in [0, 0.05) is 0 Å².